The van der Waals surface area contributed by atoms with Gasteiger partial charge in [-0.15, -0.1) is 0 Å². The lowest BCUT2D eigenvalue weighted by molar-refractivity contribution is 0.0716. The predicted molar refractivity (Wildman–Crippen MR) is 114 cm³/mol. The molecule has 1 N–H and O–H groups in total. The zero-order chi connectivity index (χ0) is 21.3. The fourth-order valence-electron chi connectivity index (χ4n) is 3.88. The van der Waals surface area contributed by atoms with Gasteiger partial charge >= 0.3 is 0 Å². The molecule has 3 aromatic rings. The van der Waals surface area contributed by atoms with Crippen molar-refractivity contribution < 1.29 is 19.1 Å². The van der Waals surface area contributed by atoms with Crippen molar-refractivity contribution in [3.63, 3.8) is 0 Å². The molecule has 0 radical (unpaired) electrons. The summed E-state index contributed by atoms with van der Waals surface area (Å²) in [6, 6.07) is 12.1. The summed E-state index contributed by atoms with van der Waals surface area (Å²) in [5.41, 5.74) is 2.20. The van der Waals surface area contributed by atoms with Crippen LogP contribution in [0.5, 0.6) is 5.75 Å². The number of aryl methyl sites for hydroxylation is 1. The Morgan fingerprint density at radius 1 is 1.23 bits per heavy atom. The lowest BCUT2D eigenvalue weighted by atomic mass is 9.98. The van der Waals surface area contributed by atoms with Crippen LogP contribution in [0, 0.1) is 6.92 Å². The molecule has 2 heterocycles. The molecule has 1 atom stereocenters. The molecule has 30 heavy (non-hydrogen) atoms. The number of carbonyl (C=O) groups excluding carboxylic acids is 1. The zero-order valence-electron chi connectivity index (χ0n) is 16.8. The predicted octanol–water partition coefficient (Wildman–Crippen LogP) is 3.59. The van der Waals surface area contributed by atoms with Gasteiger partial charge in [-0.1, -0.05) is 36.4 Å². The standard InChI is InChI=1S/C24H23NO5/c1-3-12-29-17-7-4-6-16(14-17)21-20-22(27)18-13-15(2)8-9-19(18)30-23(20)24(28)25(21)10-5-11-26/h3-4,6-9,13-14,21,26H,1,5,10-12H2,2H3. The molecule has 4 rings (SSSR count). The number of benzene rings is 2. The minimum atomic E-state index is -0.604. The Morgan fingerprint density at radius 2 is 2.07 bits per heavy atom. The fraction of sp³-hybridized carbons (Fsp3) is 0.250. The Balaban J connectivity index is 1.91. The van der Waals surface area contributed by atoms with Gasteiger partial charge in [-0.2, -0.15) is 0 Å². The SMILES string of the molecule is C=CCOc1cccc(C2c3c(oc4ccc(C)cc4c3=O)C(=O)N2CCCO)c1. The van der Waals surface area contributed by atoms with Gasteiger partial charge in [-0.05, 0) is 43.2 Å². The lowest BCUT2D eigenvalue weighted by Crippen LogP contribution is -2.31. The number of fused-ring (bicyclic) bond motifs is 2. The van der Waals surface area contributed by atoms with E-state index in [1.807, 2.05) is 37.3 Å². The summed E-state index contributed by atoms with van der Waals surface area (Å²) >= 11 is 0. The minimum absolute atomic E-state index is 0.0577. The van der Waals surface area contributed by atoms with Crippen LogP contribution in [0.2, 0.25) is 0 Å². The van der Waals surface area contributed by atoms with Crippen molar-refractivity contribution >= 4 is 16.9 Å². The second-order valence-corrected chi connectivity index (χ2v) is 7.32. The summed E-state index contributed by atoms with van der Waals surface area (Å²) in [6.45, 7) is 6.15. The first-order valence-electron chi connectivity index (χ1n) is 9.88. The molecule has 1 amide bonds. The van der Waals surface area contributed by atoms with Crippen LogP contribution >= 0.6 is 0 Å². The molecule has 154 valence electrons. The number of aliphatic hydroxyl groups excluding tert-OH is 1. The van der Waals surface area contributed by atoms with Crippen LogP contribution in [0.25, 0.3) is 11.0 Å². The van der Waals surface area contributed by atoms with Gasteiger partial charge in [-0.3, -0.25) is 9.59 Å². The smallest absolute Gasteiger partial charge is 0.290 e. The maximum absolute atomic E-state index is 13.4. The Morgan fingerprint density at radius 3 is 2.83 bits per heavy atom. The number of aliphatic hydroxyl groups is 1. The lowest BCUT2D eigenvalue weighted by Gasteiger charge is -2.25. The molecule has 0 saturated heterocycles. The van der Waals surface area contributed by atoms with E-state index in [2.05, 4.69) is 6.58 Å². The van der Waals surface area contributed by atoms with Crippen molar-refractivity contribution in [2.24, 2.45) is 0 Å². The topological polar surface area (TPSA) is 80.0 Å². The second kappa shape index (κ2) is 8.16. The van der Waals surface area contributed by atoms with Crippen LogP contribution in [0.1, 0.15) is 39.7 Å². The molecule has 0 saturated carbocycles. The summed E-state index contributed by atoms with van der Waals surface area (Å²) in [5, 5.41) is 9.77. The molecular weight excluding hydrogens is 382 g/mol. The third-order valence-corrected chi connectivity index (χ3v) is 5.22. The van der Waals surface area contributed by atoms with Crippen molar-refractivity contribution in [2.45, 2.75) is 19.4 Å². The highest BCUT2D eigenvalue weighted by Gasteiger charge is 2.42. The molecule has 1 aliphatic rings. The van der Waals surface area contributed by atoms with Crippen molar-refractivity contribution in [2.75, 3.05) is 19.8 Å². The monoisotopic (exact) mass is 405 g/mol. The summed E-state index contributed by atoms with van der Waals surface area (Å²) in [7, 11) is 0. The van der Waals surface area contributed by atoms with E-state index in [1.54, 1.807) is 23.1 Å². The van der Waals surface area contributed by atoms with Crippen molar-refractivity contribution in [1.82, 2.24) is 4.90 Å². The van der Waals surface area contributed by atoms with E-state index in [9.17, 15) is 14.7 Å². The van der Waals surface area contributed by atoms with Gasteiger partial charge in [0, 0.05) is 13.2 Å². The van der Waals surface area contributed by atoms with Crippen molar-refractivity contribution in [3.8, 4) is 5.75 Å². The molecule has 0 aliphatic carbocycles. The number of amides is 1. The molecule has 1 unspecified atom stereocenters. The molecule has 1 aliphatic heterocycles. The van der Waals surface area contributed by atoms with E-state index >= 15 is 0 Å². The summed E-state index contributed by atoms with van der Waals surface area (Å²) in [6.07, 6.45) is 2.05. The first-order chi connectivity index (χ1) is 14.5. The van der Waals surface area contributed by atoms with Gasteiger partial charge in [-0.25, -0.2) is 0 Å². The van der Waals surface area contributed by atoms with Gasteiger partial charge in [0.1, 0.15) is 17.9 Å². The number of ether oxygens (including phenoxy) is 1. The fourth-order valence-corrected chi connectivity index (χ4v) is 3.88. The average Bonchev–Trinajstić information content (AvgIpc) is 3.03. The normalized spacial score (nSPS) is 15.5. The molecule has 2 aromatic carbocycles. The van der Waals surface area contributed by atoms with E-state index in [0.29, 0.717) is 41.9 Å². The van der Waals surface area contributed by atoms with Crippen LogP contribution in [-0.4, -0.2) is 35.7 Å². The number of hydrogen-bond acceptors (Lipinski definition) is 5. The largest absolute Gasteiger partial charge is 0.490 e. The van der Waals surface area contributed by atoms with E-state index in [0.717, 1.165) is 11.1 Å². The van der Waals surface area contributed by atoms with Gasteiger partial charge in [0.25, 0.3) is 5.91 Å². The van der Waals surface area contributed by atoms with E-state index in [4.69, 9.17) is 9.15 Å². The van der Waals surface area contributed by atoms with E-state index in [1.165, 1.54) is 0 Å². The van der Waals surface area contributed by atoms with Crippen LogP contribution in [0.15, 0.2) is 64.3 Å². The van der Waals surface area contributed by atoms with Crippen LogP contribution in [0.3, 0.4) is 0 Å². The third kappa shape index (κ3) is 3.39. The molecule has 6 heteroatoms. The highest BCUT2D eigenvalue weighted by molar-refractivity contribution is 5.99. The molecule has 0 bridgehead atoms. The second-order valence-electron chi connectivity index (χ2n) is 7.32. The van der Waals surface area contributed by atoms with Gasteiger partial charge < -0.3 is 19.2 Å². The number of hydrogen-bond donors (Lipinski definition) is 1. The Bertz CT molecular complexity index is 1180. The van der Waals surface area contributed by atoms with Gasteiger partial charge in [0.2, 0.25) is 5.76 Å². The first kappa shape index (κ1) is 19.9. The van der Waals surface area contributed by atoms with E-state index in [-0.39, 0.29) is 23.7 Å². The zero-order valence-corrected chi connectivity index (χ0v) is 16.8. The van der Waals surface area contributed by atoms with E-state index < -0.39 is 6.04 Å². The average molecular weight is 405 g/mol. The number of nitrogens with zero attached hydrogens (tertiary/aromatic N) is 1. The van der Waals surface area contributed by atoms with Crippen molar-refractivity contribution in [3.05, 3.63) is 87.8 Å². The molecule has 0 spiro atoms. The Hall–Kier alpha value is -3.38. The first-order valence-corrected chi connectivity index (χ1v) is 9.88. The molecule has 0 fully saturated rings. The summed E-state index contributed by atoms with van der Waals surface area (Å²) in [4.78, 5) is 28.2. The minimum Gasteiger partial charge on any atom is -0.490 e. The number of carbonyl (C=O) groups is 1. The van der Waals surface area contributed by atoms with Crippen molar-refractivity contribution in [1.29, 1.82) is 0 Å². The Labute approximate surface area is 174 Å². The molecule has 6 nitrogen and oxygen atoms in total. The maximum Gasteiger partial charge on any atom is 0.290 e. The summed E-state index contributed by atoms with van der Waals surface area (Å²) in [5.74, 6) is 0.341. The quantitative estimate of drug-likeness (QED) is 0.608. The van der Waals surface area contributed by atoms with Crippen LogP contribution in [-0.2, 0) is 0 Å². The highest BCUT2D eigenvalue weighted by Crippen LogP contribution is 2.39. The third-order valence-electron chi connectivity index (χ3n) is 5.22. The molecule has 1 aromatic heterocycles. The Kier molecular flexibility index (Phi) is 5.42. The van der Waals surface area contributed by atoms with Crippen LogP contribution in [0.4, 0.5) is 0 Å². The van der Waals surface area contributed by atoms with Crippen LogP contribution < -0.4 is 10.2 Å². The van der Waals surface area contributed by atoms with Gasteiger partial charge in [0.15, 0.2) is 5.43 Å². The summed E-state index contributed by atoms with van der Waals surface area (Å²) < 4.78 is 11.6. The number of rotatable bonds is 7. The van der Waals surface area contributed by atoms with Gasteiger partial charge in [0.05, 0.1) is 17.0 Å². The highest BCUT2D eigenvalue weighted by atomic mass is 16.5. The molecular formula is C24H23NO5. The maximum atomic E-state index is 13.4.